The van der Waals surface area contributed by atoms with Crippen molar-refractivity contribution in [3.63, 3.8) is 0 Å². The summed E-state index contributed by atoms with van der Waals surface area (Å²) in [5, 5.41) is 8.00. The highest BCUT2D eigenvalue weighted by molar-refractivity contribution is 6.06. The van der Waals surface area contributed by atoms with Crippen molar-refractivity contribution in [2.45, 2.75) is 13.8 Å². The van der Waals surface area contributed by atoms with Crippen molar-refractivity contribution in [3.05, 3.63) is 88.0 Å². The van der Waals surface area contributed by atoms with Crippen molar-refractivity contribution in [1.29, 1.82) is 0 Å². The number of carbonyl (C=O) groups is 1. The Labute approximate surface area is 155 Å². The molecule has 0 radical (unpaired) electrons. The van der Waals surface area contributed by atoms with E-state index in [9.17, 15) is 9.59 Å². The fraction of sp³-hybridized carbons (Fsp3) is 0.0952. The molecule has 0 saturated heterocycles. The summed E-state index contributed by atoms with van der Waals surface area (Å²) in [6.45, 7) is 3.68. The first-order valence-corrected chi connectivity index (χ1v) is 8.50. The van der Waals surface area contributed by atoms with E-state index in [-0.39, 0.29) is 5.56 Å². The first kappa shape index (κ1) is 16.8. The maximum Gasteiger partial charge on any atom is 0.349 e. The van der Waals surface area contributed by atoms with Gasteiger partial charge >= 0.3 is 5.63 Å². The lowest BCUT2D eigenvalue weighted by Gasteiger charge is -2.07. The molecule has 6 heteroatoms. The van der Waals surface area contributed by atoms with Gasteiger partial charge in [-0.2, -0.15) is 5.10 Å². The minimum Gasteiger partial charge on any atom is -0.422 e. The quantitative estimate of drug-likeness (QED) is 0.564. The van der Waals surface area contributed by atoms with Gasteiger partial charge in [0.1, 0.15) is 11.1 Å². The van der Waals surface area contributed by atoms with Gasteiger partial charge in [-0.05, 0) is 38.1 Å². The second-order valence-corrected chi connectivity index (χ2v) is 6.23. The van der Waals surface area contributed by atoms with Gasteiger partial charge in [0.05, 0.1) is 22.8 Å². The van der Waals surface area contributed by atoms with Gasteiger partial charge in [-0.15, -0.1) is 0 Å². The Morgan fingerprint density at radius 1 is 1.04 bits per heavy atom. The fourth-order valence-corrected chi connectivity index (χ4v) is 3.05. The molecule has 0 bridgehead atoms. The predicted molar refractivity (Wildman–Crippen MR) is 103 cm³/mol. The van der Waals surface area contributed by atoms with E-state index >= 15 is 0 Å². The Hall–Kier alpha value is -3.67. The average molecular weight is 359 g/mol. The smallest absolute Gasteiger partial charge is 0.349 e. The number of hydrogen-bond donors (Lipinski definition) is 1. The number of aryl methyl sites for hydroxylation is 1. The Kier molecular flexibility index (Phi) is 4.08. The summed E-state index contributed by atoms with van der Waals surface area (Å²) in [6, 6.07) is 18.3. The number of aromatic nitrogens is 2. The van der Waals surface area contributed by atoms with Crippen molar-refractivity contribution in [2.75, 3.05) is 5.32 Å². The van der Waals surface area contributed by atoms with Gasteiger partial charge in [0.25, 0.3) is 5.91 Å². The molecule has 1 N–H and O–H groups in total. The zero-order valence-corrected chi connectivity index (χ0v) is 14.9. The summed E-state index contributed by atoms with van der Waals surface area (Å²) in [7, 11) is 0. The summed E-state index contributed by atoms with van der Waals surface area (Å²) in [6.07, 6.45) is 0. The third kappa shape index (κ3) is 3.01. The molecule has 0 fully saturated rings. The van der Waals surface area contributed by atoms with Gasteiger partial charge in [0.2, 0.25) is 0 Å². The van der Waals surface area contributed by atoms with Crippen LogP contribution >= 0.6 is 0 Å². The van der Waals surface area contributed by atoms with E-state index in [4.69, 9.17) is 4.42 Å². The molecule has 0 aliphatic carbocycles. The first-order chi connectivity index (χ1) is 13.0. The molecule has 0 aliphatic heterocycles. The fourth-order valence-electron chi connectivity index (χ4n) is 3.05. The van der Waals surface area contributed by atoms with Crippen LogP contribution in [0.5, 0.6) is 0 Å². The Morgan fingerprint density at radius 2 is 1.74 bits per heavy atom. The van der Waals surface area contributed by atoms with Gasteiger partial charge in [-0.25, -0.2) is 9.48 Å². The molecule has 4 aromatic rings. The number of hydrogen-bond acceptors (Lipinski definition) is 4. The molecule has 2 aromatic carbocycles. The number of amides is 1. The number of rotatable bonds is 3. The Morgan fingerprint density at radius 3 is 2.52 bits per heavy atom. The highest BCUT2D eigenvalue weighted by Gasteiger charge is 2.19. The zero-order chi connectivity index (χ0) is 19.0. The highest BCUT2D eigenvalue weighted by Crippen LogP contribution is 2.23. The van der Waals surface area contributed by atoms with Gasteiger partial charge in [-0.1, -0.05) is 36.4 Å². The molecule has 1 amide bonds. The lowest BCUT2D eigenvalue weighted by atomic mass is 10.1. The molecule has 0 spiro atoms. The van der Waals surface area contributed by atoms with Crippen LogP contribution in [0.15, 0.2) is 69.9 Å². The van der Waals surface area contributed by atoms with E-state index in [2.05, 4.69) is 10.4 Å². The third-order valence-electron chi connectivity index (χ3n) is 4.42. The third-order valence-corrected chi connectivity index (χ3v) is 4.42. The first-order valence-electron chi connectivity index (χ1n) is 8.50. The largest absolute Gasteiger partial charge is 0.422 e. The summed E-state index contributed by atoms with van der Waals surface area (Å²) >= 11 is 0. The van der Waals surface area contributed by atoms with Crippen LogP contribution in [0, 0.1) is 13.8 Å². The van der Waals surface area contributed by atoms with Crippen LogP contribution in [0.3, 0.4) is 0 Å². The Bertz CT molecular complexity index is 1210. The van der Waals surface area contributed by atoms with E-state index in [1.165, 1.54) is 0 Å². The summed E-state index contributed by atoms with van der Waals surface area (Å²) in [5.41, 5.74) is 2.65. The molecule has 134 valence electrons. The predicted octanol–water partition coefficient (Wildman–Crippen LogP) is 3.85. The number of anilines is 1. The average Bonchev–Trinajstić information content (AvgIpc) is 2.96. The van der Waals surface area contributed by atoms with E-state index in [1.807, 2.05) is 50.2 Å². The number of nitrogens with one attached hydrogen (secondary N) is 1. The SMILES string of the molecule is Cc1nn(-c2ccccc2)c(C)c1NC(=O)c1cc2ccccc2oc1=O. The summed E-state index contributed by atoms with van der Waals surface area (Å²) in [5.74, 6) is -0.520. The van der Waals surface area contributed by atoms with Crippen LogP contribution in [0.2, 0.25) is 0 Å². The maximum absolute atomic E-state index is 12.7. The standard InChI is InChI=1S/C21H17N3O3/c1-13-19(14(2)24(23-13)16-9-4-3-5-10-16)22-20(25)17-12-15-8-6-7-11-18(15)27-21(17)26/h3-12H,1-2H3,(H,22,25). The van der Waals surface area contributed by atoms with Crippen LogP contribution in [0.1, 0.15) is 21.7 Å². The maximum atomic E-state index is 12.7. The molecular weight excluding hydrogens is 342 g/mol. The van der Waals surface area contributed by atoms with Crippen molar-refractivity contribution < 1.29 is 9.21 Å². The van der Waals surface area contributed by atoms with Crippen LogP contribution in [-0.4, -0.2) is 15.7 Å². The van der Waals surface area contributed by atoms with Gasteiger partial charge < -0.3 is 9.73 Å². The Balaban J connectivity index is 1.71. The van der Waals surface area contributed by atoms with E-state index in [1.54, 1.807) is 28.9 Å². The molecule has 27 heavy (non-hydrogen) atoms. The normalized spacial score (nSPS) is 10.9. The minimum atomic E-state index is -0.669. The van der Waals surface area contributed by atoms with E-state index < -0.39 is 11.5 Å². The molecule has 0 atom stereocenters. The summed E-state index contributed by atoms with van der Waals surface area (Å²) < 4.78 is 7.01. The molecule has 2 heterocycles. The van der Waals surface area contributed by atoms with Gasteiger partial charge in [0, 0.05) is 5.39 Å². The van der Waals surface area contributed by atoms with Crippen molar-refractivity contribution in [1.82, 2.24) is 9.78 Å². The molecule has 4 rings (SSSR count). The lowest BCUT2D eigenvalue weighted by Crippen LogP contribution is -2.21. The molecular formula is C21H17N3O3. The van der Waals surface area contributed by atoms with Crippen LogP contribution in [0.4, 0.5) is 5.69 Å². The van der Waals surface area contributed by atoms with Gasteiger partial charge in [-0.3, -0.25) is 4.79 Å². The number of nitrogens with zero attached hydrogens (tertiary/aromatic N) is 2. The van der Waals surface area contributed by atoms with Crippen molar-refractivity contribution in [2.24, 2.45) is 0 Å². The van der Waals surface area contributed by atoms with Gasteiger partial charge in [0.15, 0.2) is 0 Å². The van der Waals surface area contributed by atoms with Crippen LogP contribution < -0.4 is 10.9 Å². The number of para-hydroxylation sites is 2. The number of fused-ring (bicyclic) bond motifs is 1. The molecule has 0 aliphatic rings. The topological polar surface area (TPSA) is 77.1 Å². The highest BCUT2D eigenvalue weighted by atomic mass is 16.4. The van der Waals surface area contributed by atoms with Crippen LogP contribution in [-0.2, 0) is 0 Å². The van der Waals surface area contributed by atoms with Crippen molar-refractivity contribution in [3.8, 4) is 5.69 Å². The summed E-state index contributed by atoms with van der Waals surface area (Å²) in [4.78, 5) is 24.9. The molecule has 0 unspecified atom stereocenters. The zero-order valence-electron chi connectivity index (χ0n) is 14.9. The minimum absolute atomic E-state index is 0.0417. The van der Waals surface area contributed by atoms with Crippen LogP contribution in [0.25, 0.3) is 16.7 Å². The van der Waals surface area contributed by atoms with E-state index in [0.717, 1.165) is 11.4 Å². The number of carbonyl (C=O) groups excluding carboxylic acids is 1. The number of benzene rings is 2. The monoisotopic (exact) mass is 359 g/mol. The second-order valence-electron chi connectivity index (χ2n) is 6.23. The molecule has 6 nitrogen and oxygen atoms in total. The second kappa shape index (κ2) is 6.57. The molecule has 0 saturated carbocycles. The van der Waals surface area contributed by atoms with Crippen molar-refractivity contribution >= 4 is 22.6 Å². The molecule has 2 aromatic heterocycles. The van der Waals surface area contributed by atoms with E-state index in [0.29, 0.717) is 22.4 Å². The lowest BCUT2D eigenvalue weighted by molar-refractivity contribution is 0.102.